The summed E-state index contributed by atoms with van der Waals surface area (Å²) in [6, 6.07) is 5.08. The van der Waals surface area contributed by atoms with E-state index in [1.807, 2.05) is 0 Å². The van der Waals surface area contributed by atoms with Crippen molar-refractivity contribution in [3.8, 4) is 0 Å². The quantitative estimate of drug-likeness (QED) is 0.744. The fourth-order valence-corrected chi connectivity index (χ4v) is 0.766. The zero-order valence-electron chi connectivity index (χ0n) is 6.82. The number of halogens is 2. The summed E-state index contributed by atoms with van der Waals surface area (Å²) in [5.74, 6) is 0.474. The van der Waals surface area contributed by atoms with E-state index in [4.69, 9.17) is 5.11 Å². The van der Waals surface area contributed by atoms with Gasteiger partial charge in [-0.15, -0.1) is 0 Å². The zero-order chi connectivity index (χ0) is 9.68. The molecule has 1 rings (SSSR count). The van der Waals surface area contributed by atoms with E-state index in [2.05, 4.69) is 10.3 Å². The molecule has 0 fully saturated rings. The molecule has 0 saturated carbocycles. The van der Waals surface area contributed by atoms with Gasteiger partial charge in [0.05, 0.1) is 0 Å². The van der Waals surface area contributed by atoms with E-state index >= 15 is 0 Å². The second-order valence-electron chi connectivity index (χ2n) is 2.50. The molecule has 0 spiro atoms. The SMILES string of the molecule is OC(CNc1ccccn1)C(F)F. The van der Waals surface area contributed by atoms with Gasteiger partial charge < -0.3 is 10.4 Å². The van der Waals surface area contributed by atoms with Gasteiger partial charge in [0, 0.05) is 12.7 Å². The van der Waals surface area contributed by atoms with Crippen LogP contribution in [0.25, 0.3) is 0 Å². The highest BCUT2D eigenvalue weighted by Crippen LogP contribution is 2.03. The molecule has 1 heterocycles. The molecular formula is C8H10F2N2O. The molecule has 0 amide bonds. The van der Waals surface area contributed by atoms with E-state index in [1.165, 1.54) is 6.20 Å². The molecule has 2 N–H and O–H groups in total. The summed E-state index contributed by atoms with van der Waals surface area (Å²) in [6.07, 6.45) is -2.84. The maximum atomic E-state index is 11.8. The number of rotatable bonds is 4. The highest BCUT2D eigenvalue weighted by atomic mass is 19.3. The number of aliphatic hydroxyl groups is 1. The van der Waals surface area contributed by atoms with Crippen molar-refractivity contribution in [2.45, 2.75) is 12.5 Å². The topological polar surface area (TPSA) is 45.1 Å². The lowest BCUT2D eigenvalue weighted by atomic mass is 10.3. The van der Waals surface area contributed by atoms with E-state index in [0.717, 1.165) is 0 Å². The lowest BCUT2D eigenvalue weighted by Gasteiger charge is -2.10. The van der Waals surface area contributed by atoms with Crippen molar-refractivity contribution in [3.63, 3.8) is 0 Å². The second kappa shape index (κ2) is 4.71. The average molecular weight is 188 g/mol. The number of alkyl halides is 2. The molecule has 0 radical (unpaired) electrons. The van der Waals surface area contributed by atoms with Crippen molar-refractivity contribution in [2.24, 2.45) is 0 Å². The van der Waals surface area contributed by atoms with E-state index in [0.29, 0.717) is 5.82 Å². The number of hydrogen-bond acceptors (Lipinski definition) is 3. The smallest absolute Gasteiger partial charge is 0.265 e. The summed E-state index contributed by atoms with van der Waals surface area (Å²) in [6.45, 7) is -0.200. The molecule has 0 saturated heterocycles. The molecule has 0 bridgehead atoms. The number of nitrogens with one attached hydrogen (secondary N) is 1. The van der Waals surface area contributed by atoms with Crippen LogP contribution in [0.2, 0.25) is 0 Å². The van der Waals surface area contributed by atoms with E-state index < -0.39 is 12.5 Å². The van der Waals surface area contributed by atoms with Gasteiger partial charge in [-0.25, -0.2) is 13.8 Å². The number of nitrogens with zero attached hydrogens (tertiary/aromatic N) is 1. The summed E-state index contributed by atoms with van der Waals surface area (Å²) >= 11 is 0. The van der Waals surface area contributed by atoms with Crippen LogP contribution in [0, 0.1) is 0 Å². The monoisotopic (exact) mass is 188 g/mol. The van der Waals surface area contributed by atoms with Crippen LogP contribution >= 0.6 is 0 Å². The Bertz CT molecular complexity index is 243. The zero-order valence-corrected chi connectivity index (χ0v) is 6.82. The minimum absolute atomic E-state index is 0.200. The van der Waals surface area contributed by atoms with Crippen LogP contribution in [-0.4, -0.2) is 29.2 Å². The lowest BCUT2D eigenvalue weighted by Crippen LogP contribution is -2.26. The first kappa shape index (κ1) is 9.85. The molecule has 0 aromatic carbocycles. The van der Waals surface area contributed by atoms with Gasteiger partial charge in [0.25, 0.3) is 6.43 Å². The molecule has 0 aliphatic rings. The van der Waals surface area contributed by atoms with Crippen LogP contribution in [-0.2, 0) is 0 Å². The number of pyridine rings is 1. The van der Waals surface area contributed by atoms with Crippen LogP contribution in [0.3, 0.4) is 0 Å². The summed E-state index contributed by atoms with van der Waals surface area (Å²) in [5.41, 5.74) is 0. The van der Waals surface area contributed by atoms with Gasteiger partial charge >= 0.3 is 0 Å². The molecule has 1 aromatic rings. The van der Waals surface area contributed by atoms with Crippen LogP contribution in [0.5, 0.6) is 0 Å². The van der Waals surface area contributed by atoms with Gasteiger partial charge in [0.2, 0.25) is 0 Å². The fraction of sp³-hybridized carbons (Fsp3) is 0.375. The molecule has 0 aliphatic heterocycles. The lowest BCUT2D eigenvalue weighted by molar-refractivity contribution is 0.00381. The third kappa shape index (κ3) is 3.33. The summed E-state index contributed by atoms with van der Waals surface area (Å²) in [7, 11) is 0. The van der Waals surface area contributed by atoms with Gasteiger partial charge in [-0.2, -0.15) is 0 Å². The van der Waals surface area contributed by atoms with Crippen molar-refractivity contribution in [1.29, 1.82) is 0 Å². The Morgan fingerprint density at radius 3 is 2.77 bits per heavy atom. The number of hydrogen-bond donors (Lipinski definition) is 2. The molecule has 0 aliphatic carbocycles. The molecule has 1 unspecified atom stereocenters. The average Bonchev–Trinajstić information content (AvgIpc) is 2.15. The Balaban J connectivity index is 2.35. The van der Waals surface area contributed by atoms with Crippen LogP contribution < -0.4 is 5.32 Å². The van der Waals surface area contributed by atoms with Gasteiger partial charge in [0.15, 0.2) is 0 Å². The predicted molar refractivity (Wildman–Crippen MR) is 44.7 cm³/mol. The van der Waals surface area contributed by atoms with Crippen molar-refractivity contribution >= 4 is 5.82 Å². The van der Waals surface area contributed by atoms with Gasteiger partial charge in [0.1, 0.15) is 11.9 Å². The minimum atomic E-state index is -2.73. The highest BCUT2D eigenvalue weighted by Gasteiger charge is 2.15. The van der Waals surface area contributed by atoms with Gasteiger partial charge in [-0.05, 0) is 12.1 Å². The third-order valence-electron chi connectivity index (χ3n) is 1.45. The molecule has 13 heavy (non-hydrogen) atoms. The number of anilines is 1. The molecule has 5 heteroatoms. The Labute approximate surface area is 74.4 Å². The van der Waals surface area contributed by atoms with Gasteiger partial charge in [-0.3, -0.25) is 0 Å². The van der Waals surface area contributed by atoms with Crippen molar-refractivity contribution in [3.05, 3.63) is 24.4 Å². The molecule has 1 atom stereocenters. The standard InChI is InChI=1S/C8H10F2N2O/c9-8(10)6(13)5-12-7-3-1-2-4-11-7/h1-4,6,8,13H,5H2,(H,11,12). The molecule has 1 aromatic heterocycles. The van der Waals surface area contributed by atoms with E-state index in [9.17, 15) is 8.78 Å². The fourth-order valence-electron chi connectivity index (χ4n) is 0.766. The van der Waals surface area contributed by atoms with Crippen LogP contribution in [0.15, 0.2) is 24.4 Å². The van der Waals surface area contributed by atoms with Crippen LogP contribution in [0.4, 0.5) is 14.6 Å². The third-order valence-corrected chi connectivity index (χ3v) is 1.45. The molecule has 3 nitrogen and oxygen atoms in total. The molecule has 72 valence electrons. The van der Waals surface area contributed by atoms with Crippen molar-refractivity contribution in [1.82, 2.24) is 4.98 Å². The first-order valence-corrected chi connectivity index (χ1v) is 3.81. The normalized spacial score (nSPS) is 12.9. The van der Waals surface area contributed by atoms with Crippen LogP contribution in [0.1, 0.15) is 0 Å². The summed E-state index contributed by atoms with van der Waals surface area (Å²) in [4.78, 5) is 3.84. The van der Waals surface area contributed by atoms with Crippen molar-refractivity contribution in [2.75, 3.05) is 11.9 Å². The minimum Gasteiger partial charge on any atom is -0.385 e. The maximum absolute atomic E-state index is 11.8. The largest absolute Gasteiger partial charge is 0.385 e. The molecular weight excluding hydrogens is 178 g/mol. The number of aromatic nitrogens is 1. The predicted octanol–water partition coefficient (Wildman–Crippen LogP) is 1.12. The Hall–Kier alpha value is -1.23. The number of aliphatic hydroxyl groups excluding tert-OH is 1. The van der Waals surface area contributed by atoms with Gasteiger partial charge in [-0.1, -0.05) is 6.07 Å². The second-order valence-corrected chi connectivity index (χ2v) is 2.50. The highest BCUT2D eigenvalue weighted by molar-refractivity contribution is 5.33. The first-order valence-electron chi connectivity index (χ1n) is 3.81. The summed E-state index contributed by atoms with van der Waals surface area (Å²) < 4.78 is 23.6. The Morgan fingerprint density at radius 2 is 2.23 bits per heavy atom. The van der Waals surface area contributed by atoms with E-state index in [1.54, 1.807) is 18.2 Å². The van der Waals surface area contributed by atoms with Crippen molar-refractivity contribution < 1.29 is 13.9 Å². The first-order chi connectivity index (χ1) is 6.20. The Kier molecular flexibility index (Phi) is 3.57. The maximum Gasteiger partial charge on any atom is 0.265 e. The summed E-state index contributed by atoms with van der Waals surface area (Å²) in [5, 5.41) is 11.3. The van der Waals surface area contributed by atoms with E-state index in [-0.39, 0.29) is 6.54 Å². The Morgan fingerprint density at radius 1 is 1.46 bits per heavy atom.